The number of aryl methyl sites for hydroxylation is 1. The fraction of sp³-hybridized carbons (Fsp3) is 0.429. The van der Waals surface area contributed by atoms with Gasteiger partial charge in [-0.3, -0.25) is 9.59 Å². The van der Waals surface area contributed by atoms with Crippen LogP contribution in [-0.2, 0) is 4.79 Å². The van der Waals surface area contributed by atoms with Crippen LogP contribution < -0.4 is 5.32 Å². The van der Waals surface area contributed by atoms with Gasteiger partial charge in [-0.2, -0.15) is 0 Å². The number of nitrogens with zero attached hydrogens (tertiary/aromatic N) is 1. The van der Waals surface area contributed by atoms with Gasteiger partial charge in [0.15, 0.2) is 0 Å². The summed E-state index contributed by atoms with van der Waals surface area (Å²) < 4.78 is 0. The van der Waals surface area contributed by atoms with Crippen molar-refractivity contribution in [2.24, 2.45) is 0 Å². The van der Waals surface area contributed by atoms with Crippen LogP contribution in [0.15, 0.2) is 6.07 Å². The van der Waals surface area contributed by atoms with Crippen LogP contribution in [0.3, 0.4) is 0 Å². The Morgan fingerprint density at radius 1 is 1.55 bits per heavy atom. The van der Waals surface area contributed by atoms with Crippen molar-refractivity contribution >= 4 is 23.2 Å². The summed E-state index contributed by atoms with van der Waals surface area (Å²) in [5.41, 5.74) is 0.934. The number of nitrogens with one attached hydrogen (secondary N) is 1. The molecule has 106 valence electrons. The molecule has 0 saturated carbocycles. The molecule has 2 amide bonds. The van der Waals surface area contributed by atoms with Crippen molar-refractivity contribution in [1.29, 1.82) is 0 Å². The lowest BCUT2D eigenvalue weighted by atomic mass is 10.2. The summed E-state index contributed by atoms with van der Waals surface area (Å²) in [5.74, 6) is 5.35. The molecule has 5 nitrogen and oxygen atoms in total. The number of amides is 2. The number of thiophene rings is 1. The molecule has 1 aliphatic heterocycles. The van der Waals surface area contributed by atoms with E-state index >= 15 is 0 Å². The molecule has 0 aromatic carbocycles. The molecule has 2 N–H and O–H groups in total. The van der Waals surface area contributed by atoms with Gasteiger partial charge in [0, 0.05) is 26.1 Å². The standard InChI is InChI=1S/C14H16N2O3S/c1-10-9-12(20-11(10)3-2-8-17)14(19)16-6-4-13(18)15-5-7-16/h9,17H,4-8H2,1H3,(H,15,18). The molecule has 1 aromatic heterocycles. The van der Waals surface area contributed by atoms with E-state index < -0.39 is 0 Å². The highest BCUT2D eigenvalue weighted by atomic mass is 32.1. The van der Waals surface area contributed by atoms with Crippen molar-refractivity contribution < 1.29 is 14.7 Å². The molecule has 20 heavy (non-hydrogen) atoms. The number of hydrogen-bond acceptors (Lipinski definition) is 4. The van der Waals surface area contributed by atoms with Gasteiger partial charge >= 0.3 is 0 Å². The molecule has 6 heteroatoms. The minimum atomic E-state index is -0.194. The van der Waals surface area contributed by atoms with Crippen LogP contribution in [0.5, 0.6) is 0 Å². The predicted molar refractivity (Wildman–Crippen MR) is 76.6 cm³/mol. The van der Waals surface area contributed by atoms with E-state index in [1.165, 1.54) is 11.3 Å². The van der Waals surface area contributed by atoms with Crippen LogP contribution in [0.2, 0.25) is 0 Å². The van der Waals surface area contributed by atoms with Crippen molar-refractivity contribution in [3.8, 4) is 11.8 Å². The van der Waals surface area contributed by atoms with Gasteiger partial charge in [0.1, 0.15) is 6.61 Å². The van der Waals surface area contributed by atoms with E-state index in [9.17, 15) is 9.59 Å². The van der Waals surface area contributed by atoms with Crippen LogP contribution in [-0.4, -0.2) is 48.1 Å². The normalized spacial score (nSPS) is 15.1. The second-order valence-corrected chi connectivity index (χ2v) is 5.53. The van der Waals surface area contributed by atoms with Gasteiger partial charge in [0.2, 0.25) is 5.91 Å². The van der Waals surface area contributed by atoms with E-state index in [-0.39, 0.29) is 18.4 Å². The van der Waals surface area contributed by atoms with Crippen LogP contribution >= 0.6 is 11.3 Å². The van der Waals surface area contributed by atoms with Gasteiger partial charge < -0.3 is 15.3 Å². The molecule has 2 rings (SSSR count). The summed E-state index contributed by atoms with van der Waals surface area (Å²) in [6, 6.07) is 1.81. The number of hydrogen-bond donors (Lipinski definition) is 2. The Morgan fingerprint density at radius 2 is 2.35 bits per heavy atom. The third kappa shape index (κ3) is 3.38. The van der Waals surface area contributed by atoms with Gasteiger partial charge in [-0.15, -0.1) is 11.3 Å². The molecule has 0 radical (unpaired) electrons. The van der Waals surface area contributed by atoms with Crippen molar-refractivity contribution in [3.05, 3.63) is 21.4 Å². The Bertz CT molecular complexity index is 583. The highest BCUT2D eigenvalue weighted by Crippen LogP contribution is 2.22. The highest BCUT2D eigenvalue weighted by molar-refractivity contribution is 7.14. The maximum Gasteiger partial charge on any atom is 0.264 e. The molecule has 1 aliphatic rings. The van der Waals surface area contributed by atoms with E-state index in [1.807, 2.05) is 13.0 Å². The Morgan fingerprint density at radius 3 is 3.10 bits per heavy atom. The van der Waals surface area contributed by atoms with E-state index in [2.05, 4.69) is 17.2 Å². The summed E-state index contributed by atoms with van der Waals surface area (Å²) in [6.07, 6.45) is 0.341. The minimum Gasteiger partial charge on any atom is -0.384 e. The fourth-order valence-corrected chi connectivity index (χ4v) is 2.97. The predicted octanol–water partition coefficient (Wildman–Crippen LogP) is 0.362. The van der Waals surface area contributed by atoms with E-state index in [1.54, 1.807) is 4.90 Å². The quantitative estimate of drug-likeness (QED) is 0.734. The number of rotatable bonds is 1. The zero-order valence-electron chi connectivity index (χ0n) is 11.2. The molecule has 1 aromatic rings. The minimum absolute atomic E-state index is 0.0165. The maximum absolute atomic E-state index is 12.4. The average Bonchev–Trinajstić information content (AvgIpc) is 2.65. The third-order valence-corrected chi connectivity index (χ3v) is 4.15. The lowest BCUT2D eigenvalue weighted by Gasteiger charge is -2.18. The molecule has 0 atom stereocenters. The summed E-state index contributed by atoms with van der Waals surface area (Å²) >= 11 is 1.33. The van der Waals surface area contributed by atoms with Gasteiger partial charge in [-0.05, 0) is 18.6 Å². The first-order valence-corrected chi connectivity index (χ1v) is 7.19. The lowest BCUT2D eigenvalue weighted by Crippen LogP contribution is -2.33. The van der Waals surface area contributed by atoms with Gasteiger partial charge in [-0.1, -0.05) is 11.8 Å². The largest absolute Gasteiger partial charge is 0.384 e. The summed E-state index contributed by atoms with van der Waals surface area (Å²) in [6.45, 7) is 3.16. The zero-order chi connectivity index (χ0) is 14.5. The smallest absolute Gasteiger partial charge is 0.264 e. The first-order valence-electron chi connectivity index (χ1n) is 6.38. The Kier molecular flexibility index (Phi) is 4.77. The number of carbonyl (C=O) groups excluding carboxylic acids is 2. The Balaban J connectivity index is 2.14. The maximum atomic E-state index is 12.4. The first kappa shape index (κ1) is 14.6. The summed E-state index contributed by atoms with van der Waals surface area (Å²) in [7, 11) is 0. The van der Waals surface area contributed by atoms with Crippen LogP contribution in [0.1, 0.15) is 26.5 Å². The molecule has 0 unspecified atom stereocenters. The molecule has 0 spiro atoms. The van der Waals surface area contributed by atoms with Crippen molar-refractivity contribution in [2.75, 3.05) is 26.2 Å². The molecule has 1 fully saturated rings. The van der Waals surface area contributed by atoms with Gasteiger partial charge in [0.05, 0.1) is 9.75 Å². The first-order chi connectivity index (χ1) is 9.61. The van der Waals surface area contributed by atoms with Crippen LogP contribution in [0.25, 0.3) is 0 Å². The fourth-order valence-electron chi connectivity index (χ4n) is 1.96. The molecule has 1 saturated heterocycles. The van der Waals surface area contributed by atoms with E-state index in [0.717, 1.165) is 10.4 Å². The van der Waals surface area contributed by atoms with Crippen molar-refractivity contribution in [3.63, 3.8) is 0 Å². The van der Waals surface area contributed by atoms with E-state index in [0.29, 0.717) is 30.9 Å². The lowest BCUT2D eigenvalue weighted by molar-refractivity contribution is -0.120. The van der Waals surface area contributed by atoms with Crippen LogP contribution in [0, 0.1) is 18.8 Å². The molecule has 0 bridgehead atoms. The summed E-state index contributed by atoms with van der Waals surface area (Å²) in [5, 5.41) is 11.5. The van der Waals surface area contributed by atoms with Gasteiger partial charge in [0.25, 0.3) is 5.91 Å². The molecular formula is C14H16N2O3S. The highest BCUT2D eigenvalue weighted by Gasteiger charge is 2.21. The third-order valence-electron chi connectivity index (χ3n) is 3.01. The van der Waals surface area contributed by atoms with E-state index in [4.69, 9.17) is 5.11 Å². The second-order valence-electron chi connectivity index (χ2n) is 4.47. The topological polar surface area (TPSA) is 69.6 Å². The van der Waals surface area contributed by atoms with Crippen LogP contribution in [0.4, 0.5) is 0 Å². The Hall–Kier alpha value is -1.84. The number of carbonyl (C=O) groups is 2. The number of aliphatic hydroxyl groups is 1. The SMILES string of the molecule is Cc1cc(C(=O)N2CCNC(=O)CC2)sc1C#CCO. The van der Waals surface area contributed by atoms with Gasteiger partial charge in [-0.25, -0.2) is 0 Å². The second kappa shape index (κ2) is 6.55. The summed E-state index contributed by atoms with van der Waals surface area (Å²) in [4.78, 5) is 26.8. The van der Waals surface area contributed by atoms with Crippen molar-refractivity contribution in [1.82, 2.24) is 10.2 Å². The van der Waals surface area contributed by atoms with Crippen molar-refractivity contribution in [2.45, 2.75) is 13.3 Å². The molecule has 2 heterocycles. The number of aliphatic hydroxyl groups excluding tert-OH is 1. The average molecular weight is 292 g/mol. The molecule has 0 aliphatic carbocycles. The Labute approximate surface area is 121 Å². The molecular weight excluding hydrogens is 276 g/mol. The monoisotopic (exact) mass is 292 g/mol. The zero-order valence-corrected chi connectivity index (χ0v) is 12.0.